The molecule has 0 radical (unpaired) electrons. The predicted molar refractivity (Wildman–Crippen MR) is 60.9 cm³/mol. The van der Waals surface area contributed by atoms with Gasteiger partial charge in [-0.15, -0.1) is 0 Å². The quantitative estimate of drug-likeness (QED) is 0.823. The molecule has 0 aliphatic carbocycles. The zero-order valence-electron chi connectivity index (χ0n) is 9.72. The molecule has 0 spiro atoms. The number of aromatic nitrogens is 2. The van der Waals surface area contributed by atoms with E-state index in [2.05, 4.69) is 11.2 Å². The molecule has 2 saturated heterocycles. The van der Waals surface area contributed by atoms with Crippen LogP contribution in [0, 0.1) is 5.41 Å². The van der Waals surface area contributed by atoms with Crippen molar-refractivity contribution in [2.45, 2.75) is 37.9 Å². The second-order valence-electron chi connectivity index (χ2n) is 5.25. The summed E-state index contributed by atoms with van der Waals surface area (Å²) in [5, 5.41) is 4.46. The Balaban J connectivity index is 1.81. The van der Waals surface area contributed by atoms with Crippen molar-refractivity contribution < 1.29 is 4.74 Å². The van der Waals surface area contributed by atoms with Crippen molar-refractivity contribution in [1.29, 1.82) is 0 Å². The lowest BCUT2D eigenvalue weighted by Crippen LogP contribution is -2.41. The molecule has 1 aromatic heterocycles. The Bertz CT molecular complexity index is 389. The van der Waals surface area contributed by atoms with Gasteiger partial charge in [0.1, 0.15) is 0 Å². The van der Waals surface area contributed by atoms with Gasteiger partial charge in [0.05, 0.1) is 17.9 Å². The van der Waals surface area contributed by atoms with Crippen molar-refractivity contribution in [2.75, 3.05) is 6.54 Å². The Morgan fingerprint density at radius 2 is 2.50 bits per heavy atom. The molecule has 88 valence electrons. The first kappa shape index (κ1) is 10.3. The molecule has 0 saturated carbocycles. The third kappa shape index (κ3) is 1.48. The van der Waals surface area contributed by atoms with E-state index in [4.69, 9.17) is 10.5 Å². The molecule has 2 fully saturated rings. The monoisotopic (exact) mass is 221 g/mol. The summed E-state index contributed by atoms with van der Waals surface area (Å²) in [7, 11) is 1.95. The van der Waals surface area contributed by atoms with Crippen LogP contribution >= 0.6 is 0 Å². The third-order valence-electron chi connectivity index (χ3n) is 4.13. The molecule has 4 heteroatoms. The van der Waals surface area contributed by atoms with Gasteiger partial charge in [-0.25, -0.2) is 0 Å². The highest BCUT2D eigenvalue weighted by Crippen LogP contribution is 2.48. The Morgan fingerprint density at radius 1 is 1.62 bits per heavy atom. The summed E-state index contributed by atoms with van der Waals surface area (Å²) < 4.78 is 7.80. The highest BCUT2D eigenvalue weighted by Gasteiger charge is 2.51. The number of hydrogen-bond donors (Lipinski definition) is 1. The fourth-order valence-corrected chi connectivity index (χ4v) is 3.28. The smallest absolute Gasteiger partial charge is 0.0652 e. The van der Waals surface area contributed by atoms with Gasteiger partial charge in [0.25, 0.3) is 0 Å². The van der Waals surface area contributed by atoms with Crippen LogP contribution in [0.15, 0.2) is 12.3 Å². The van der Waals surface area contributed by atoms with E-state index in [1.807, 2.05) is 17.9 Å². The van der Waals surface area contributed by atoms with Crippen LogP contribution in [0.25, 0.3) is 0 Å². The molecule has 4 nitrogen and oxygen atoms in total. The maximum atomic E-state index is 6.00. The number of nitrogens with two attached hydrogens (primary N) is 1. The topological polar surface area (TPSA) is 53.1 Å². The summed E-state index contributed by atoms with van der Waals surface area (Å²) in [6.07, 6.45) is 7.29. The number of aryl methyl sites for hydroxylation is 1. The normalized spacial score (nSPS) is 37.1. The number of rotatable bonds is 3. The minimum atomic E-state index is 0.150. The highest BCUT2D eigenvalue weighted by molar-refractivity contribution is 5.10. The van der Waals surface area contributed by atoms with Crippen LogP contribution in [-0.2, 0) is 18.2 Å². The molecule has 0 aromatic carbocycles. The lowest BCUT2D eigenvalue weighted by atomic mass is 9.71. The Morgan fingerprint density at radius 3 is 3.00 bits per heavy atom. The van der Waals surface area contributed by atoms with Crippen molar-refractivity contribution in [3.8, 4) is 0 Å². The summed E-state index contributed by atoms with van der Waals surface area (Å²) >= 11 is 0. The first-order valence-corrected chi connectivity index (χ1v) is 6.06. The molecule has 16 heavy (non-hydrogen) atoms. The molecule has 3 unspecified atom stereocenters. The van der Waals surface area contributed by atoms with Gasteiger partial charge in [0.2, 0.25) is 0 Å². The number of hydrogen-bond acceptors (Lipinski definition) is 3. The van der Waals surface area contributed by atoms with Crippen LogP contribution in [0.4, 0.5) is 0 Å². The molecule has 2 aliphatic rings. The van der Waals surface area contributed by atoms with Crippen molar-refractivity contribution in [3.63, 3.8) is 0 Å². The molecule has 3 rings (SSSR count). The van der Waals surface area contributed by atoms with E-state index in [0.29, 0.717) is 18.8 Å². The summed E-state index contributed by atoms with van der Waals surface area (Å²) in [4.78, 5) is 0. The molecule has 1 aromatic rings. The average Bonchev–Trinajstić information content (AvgIpc) is 2.94. The van der Waals surface area contributed by atoms with E-state index in [9.17, 15) is 0 Å². The molecule has 3 atom stereocenters. The fraction of sp³-hybridized carbons (Fsp3) is 0.750. The summed E-state index contributed by atoms with van der Waals surface area (Å²) in [5.41, 5.74) is 7.29. The number of nitrogens with zero attached hydrogens (tertiary/aromatic N) is 2. The Hall–Kier alpha value is -0.870. The van der Waals surface area contributed by atoms with Crippen LogP contribution in [0.5, 0.6) is 0 Å². The van der Waals surface area contributed by atoms with Gasteiger partial charge in [-0.3, -0.25) is 4.68 Å². The molecule has 2 bridgehead atoms. The zero-order chi connectivity index (χ0) is 11.2. The molecule has 2 N–H and O–H groups in total. The van der Waals surface area contributed by atoms with Crippen LogP contribution in [0.1, 0.15) is 25.0 Å². The van der Waals surface area contributed by atoms with Gasteiger partial charge in [-0.2, -0.15) is 5.10 Å². The van der Waals surface area contributed by atoms with E-state index in [1.54, 1.807) is 0 Å². The minimum Gasteiger partial charge on any atom is -0.374 e. The SMILES string of the molecule is Cn1ccc(CC2(CN)CC3CCC2O3)n1. The van der Waals surface area contributed by atoms with Gasteiger partial charge in [0, 0.05) is 31.6 Å². The van der Waals surface area contributed by atoms with Crippen LogP contribution in [0.2, 0.25) is 0 Å². The van der Waals surface area contributed by atoms with E-state index in [1.165, 1.54) is 12.8 Å². The van der Waals surface area contributed by atoms with Crippen molar-refractivity contribution in [1.82, 2.24) is 9.78 Å². The van der Waals surface area contributed by atoms with E-state index in [-0.39, 0.29) is 5.41 Å². The number of fused-ring (bicyclic) bond motifs is 2. The third-order valence-corrected chi connectivity index (χ3v) is 4.13. The van der Waals surface area contributed by atoms with Gasteiger partial charge >= 0.3 is 0 Å². The predicted octanol–water partition coefficient (Wildman–Crippen LogP) is 0.859. The largest absolute Gasteiger partial charge is 0.374 e. The lowest BCUT2D eigenvalue weighted by molar-refractivity contribution is 0.0632. The van der Waals surface area contributed by atoms with Crippen LogP contribution < -0.4 is 5.73 Å². The molecular weight excluding hydrogens is 202 g/mol. The zero-order valence-corrected chi connectivity index (χ0v) is 9.72. The maximum absolute atomic E-state index is 6.00. The molecular formula is C12H19N3O. The van der Waals surface area contributed by atoms with E-state index in [0.717, 1.165) is 18.5 Å². The Labute approximate surface area is 95.8 Å². The number of ether oxygens (including phenoxy) is 1. The second kappa shape index (κ2) is 3.57. The van der Waals surface area contributed by atoms with E-state index >= 15 is 0 Å². The standard InChI is InChI=1S/C12H19N3O/c1-15-5-4-9(14-15)6-12(8-13)7-10-2-3-11(12)16-10/h4-5,10-11H,2-3,6-8,13H2,1H3. The summed E-state index contributed by atoms with van der Waals surface area (Å²) in [6.45, 7) is 0.713. The van der Waals surface area contributed by atoms with Gasteiger partial charge in [-0.05, 0) is 25.3 Å². The highest BCUT2D eigenvalue weighted by atomic mass is 16.5. The average molecular weight is 221 g/mol. The first-order chi connectivity index (χ1) is 7.72. The van der Waals surface area contributed by atoms with Crippen molar-refractivity contribution in [2.24, 2.45) is 18.2 Å². The lowest BCUT2D eigenvalue weighted by Gasteiger charge is -2.33. The van der Waals surface area contributed by atoms with Crippen molar-refractivity contribution in [3.05, 3.63) is 18.0 Å². The first-order valence-electron chi connectivity index (χ1n) is 6.06. The minimum absolute atomic E-state index is 0.150. The fourth-order valence-electron chi connectivity index (χ4n) is 3.28. The Kier molecular flexibility index (Phi) is 2.30. The van der Waals surface area contributed by atoms with Gasteiger partial charge < -0.3 is 10.5 Å². The summed E-state index contributed by atoms with van der Waals surface area (Å²) in [6, 6.07) is 2.09. The second-order valence-corrected chi connectivity index (χ2v) is 5.25. The van der Waals surface area contributed by atoms with Crippen LogP contribution in [-0.4, -0.2) is 28.5 Å². The van der Waals surface area contributed by atoms with Gasteiger partial charge in [0.15, 0.2) is 0 Å². The molecule has 0 amide bonds. The van der Waals surface area contributed by atoms with E-state index < -0.39 is 0 Å². The summed E-state index contributed by atoms with van der Waals surface area (Å²) in [5.74, 6) is 0. The van der Waals surface area contributed by atoms with Crippen LogP contribution in [0.3, 0.4) is 0 Å². The van der Waals surface area contributed by atoms with Crippen molar-refractivity contribution >= 4 is 0 Å². The molecule has 2 aliphatic heterocycles. The van der Waals surface area contributed by atoms with Gasteiger partial charge in [-0.1, -0.05) is 0 Å². The maximum Gasteiger partial charge on any atom is 0.0652 e. The molecule has 3 heterocycles.